The van der Waals surface area contributed by atoms with Crippen LogP contribution in [-0.2, 0) is 27.7 Å². The second-order valence-corrected chi connectivity index (χ2v) is 8.49. The van der Waals surface area contributed by atoms with E-state index < -0.39 is 10.0 Å². The number of nitrogens with one attached hydrogen (secondary N) is 2. The number of carbonyl (C=O) groups is 1. The Morgan fingerprint density at radius 3 is 2.07 bits per heavy atom. The average molecular weight is 412 g/mol. The number of amidine groups is 1. The second-order valence-electron chi connectivity index (χ2n) is 6.87. The minimum absolute atomic E-state index is 0.174. The second kappa shape index (κ2) is 8.61. The van der Waals surface area contributed by atoms with Gasteiger partial charge < -0.3 is 5.32 Å². The number of hydrogen-bond donors (Lipinski definition) is 2. The molecule has 0 unspecified atom stereocenters. The maximum atomic E-state index is 12.6. The molecule has 1 aliphatic heterocycles. The van der Waals surface area contributed by atoms with Crippen LogP contribution >= 0.6 is 0 Å². The van der Waals surface area contributed by atoms with Gasteiger partial charge in [0.15, 0.2) is 0 Å². The van der Waals surface area contributed by atoms with Crippen molar-refractivity contribution in [1.29, 1.82) is 0 Å². The van der Waals surface area contributed by atoms with Crippen molar-refractivity contribution in [3.63, 3.8) is 0 Å². The van der Waals surface area contributed by atoms with Gasteiger partial charge in [0, 0.05) is 11.3 Å². The van der Waals surface area contributed by atoms with Crippen LogP contribution in [0.4, 0.5) is 5.69 Å². The van der Waals surface area contributed by atoms with E-state index in [4.69, 9.17) is 0 Å². The van der Waals surface area contributed by atoms with E-state index in [1.165, 1.54) is 5.56 Å². The van der Waals surface area contributed by atoms with Crippen molar-refractivity contribution in [1.82, 2.24) is 4.72 Å². The van der Waals surface area contributed by atoms with Gasteiger partial charge in [0.1, 0.15) is 17.3 Å². The van der Waals surface area contributed by atoms with Crippen LogP contribution in [0.25, 0.3) is 4.91 Å². The van der Waals surface area contributed by atoms with Crippen LogP contribution in [0.5, 0.6) is 0 Å². The molecule has 6 nitrogen and oxygen atoms in total. The van der Waals surface area contributed by atoms with Crippen LogP contribution in [0.1, 0.15) is 37.5 Å². The number of aryl methyl sites for hydroxylation is 2. The first kappa shape index (κ1) is 20.8. The highest BCUT2D eigenvalue weighted by molar-refractivity contribution is 8.00. The number of anilines is 1. The minimum Gasteiger partial charge on any atom is -0.324 e. The van der Waals surface area contributed by atoms with Gasteiger partial charge in [0.25, 0.3) is 10.0 Å². The van der Waals surface area contributed by atoms with Crippen LogP contribution in [0.2, 0.25) is 0 Å². The quantitative estimate of drug-likeness (QED) is 0.762. The summed E-state index contributed by atoms with van der Waals surface area (Å²) in [6.07, 6.45) is 1.81. The van der Waals surface area contributed by atoms with E-state index in [0.717, 1.165) is 18.4 Å². The van der Waals surface area contributed by atoms with E-state index >= 15 is 0 Å². The van der Waals surface area contributed by atoms with E-state index in [9.17, 15) is 13.2 Å². The average Bonchev–Trinajstić information content (AvgIpc) is 2.95. The molecule has 0 aliphatic carbocycles. The van der Waals surface area contributed by atoms with Crippen molar-refractivity contribution in [2.24, 2.45) is 4.99 Å². The van der Waals surface area contributed by atoms with E-state index in [2.05, 4.69) is 22.0 Å². The molecule has 1 aliphatic rings. The summed E-state index contributed by atoms with van der Waals surface area (Å²) < 4.78 is 27.6. The lowest BCUT2D eigenvalue weighted by Gasteiger charge is -2.05. The van der Waals surface area contributed by atoms with Gasteiger partial charge in [-0.3, -0.25) is 14.5 Å². The molecule has 0 radical (unpaired) electrons. The van der Waals surface area contributed by atoms with E-state index in [1.807, 2.05) is 43.3 Å². The van der Waals surface area contributed by atoms with Crippen molar-refractivity contribution in [3.05, 3.63) is 70.8 Å². The molecule has 0 saturated heterocycles. The third kappa shape index (κ3) is 4.74. The Hall–Kier alpha value is -2.93. The fraction of sp³-hybridized carbons (Fsp3) is 0.273. The molecule has 1 heterocycles. The zero-order valence-corrected chi connectivity index (χ0v) is 17.6. The van der Waals surface area contributed by atoms with Crippen LogP contribution in [0, 0.1) is 0 Å². The SMILES string of the molecule is CCc1ccc(NC(=O)CN=C2NS(=O)(=O)C(c3ccc(CC)cc3)=C2C)cc1. The zero-order valence-electron chi connectivity index (χ0n) is 16.8. The molecular formula is C22H25N3O3S. The molecule has 2 aromatic carbocycles. The van der Waals surface area contributed by atoms with E-state index in [1.54, 1.807) is 19.1 Å². The number of amides is 1. The first-order valence-electron chi connectivity index (χ1n) is 9.60. The van der Waals surface area contributed by atoms with Crippen molar-refractivity contribution in [2.75, 3.05) is 11.9 Å². The molecule has 1 amide bonds. The minimum atomic E-state index is -3.71. The van der Waals surface area contributed by atoms with Crippen LogP contribution < -0.4 is 10.0 Å². The molecule has 0 spiro atoms. The van der Waals surface area contributed by atoms with Gasteiger partial charge in [0.2, 0.25) is 5.91 Å². The van der Waals surface area contributed by atoms with Gasteiger partial charge in [-0.25, -0.2) is 8.42 Å². The van der Waals surface area contributed by atoms with Gasteiger partial charge in [-0.05, 0) is 48.6 Å². The Morgan fingerprint density at radius 2 is 1.52 bits per heavy atom. The van der Waals surface area contributed by atoms with Gasteiger partial charge in [-0.15, -0.1) is 0 Å². The molecule has 0 atom stereocenters. The fourth-order valence-electron chi connectivity index (χ4n) is 3.15. The highest BCUT2D eigenvalue weighted by Gasteiger charge is 2.32. The first-order valence-corrected chi connectivity index (χ1v) is 11.1. The Balaban J connectivity index is 1.76. The number of carbonyl (C=O) groups excluding carboxylic acids is 1. The van der Waals surface area contributed by atoms with Gasteiger partial charge in [-0.1, -0.05) is 50.2 Å². The maximum Gasteiger partial charge on any atom is 0.264 e. The molecule has 2 aromatic rings. The predicted molar refractivity (Wildman–Crippen MR) is 117 cm³/mol. The number of nitrogens with zero attached hydrogens (tertiary/aromatic N) is 1. The molecule has 7 heteroatoms. The lowest BCUT2D eigenvalue weighted by Crippen LogP contribution is -2.25. The highest BCUT2D eigenvalue weighted by Crippen LogP contribution is 2.30. The number of rotatable bonds is 6. The maximum absolute atomic E-state index is 12.6. The molecule has 0 fully saturated rings. The number of hydrogen-bond acceptors (Lipinski definition) is 4. The van der Waals surface area contributed by atoms with Gasteiger partial charge in [-0.2, -0.15) is 0 Å². The molecule has 152 valence electrons. The Morgan fingerprint density at radius 1 is 0.966 bits per heavy atom. The molecule has 29 heavy (non-hydrogen) atoms. The topological polar surface area (TPSA) is 87.6 Å². The first-order chi connectivity index (χ1) is 13.8. The van der Waals surface area contributed by atoms with Crippen molar-refractivity contribution in [3.8, 4) is 0 Å². The zero-order chi connectivity index (χ0) is 21.0. The summed E-state index contributed by atoms with van der Waals surface area (Å²) >= 11 is 0. The monoisotopic (exact) mass is 411 g/mol. The summed E-state index contributed by atoms with van der Waals surface area (Å²) in [7, 11) is -3.71. The lowest BCUT2D eigenvalue weighted by molar-refractivity contribution is -0.114. The number of aliphatic imine (C=N–C) groups is 1. The smallest absolute Gasteiger partial charge is 0.264 e. The summed E-state index contributed by atoms with van der Waals surface area (Å²) in [5.74, 6) is -0.106. The highest BCUT2D eigenvalue weighted by atomic mass is 32.2. The van der Waals surface area contributed by atoms with E-state index in [-0.39, 0.29) is 23.2 Å². The van der Waals surface area contributed by atoms with E-state index in [0.29, 0.717) is 16.8 Å². The Labute approximate surface area is 171 Å². The molecular weight excluding hydrogens is 386 g/mol. The Bertz CT molecular complexity index is 1070. The summed E-state index contributed by atoms with van der Waals surface area (Å²) in [4.78, 5) is 16.6. The van der Waals surface area contributed by atoms with Crippen LogP contribution in [0.15, 0.2) is 59.1 Å². The largest absolute Gasteiger partial charge is 0.324 e. The lowest BCUT2D eigenvalue weighted by atomic mass is 10.1. The number of sulfonamides is 1. The number of benzene rings is 2. The van der Waals surface area contributed by atoms with Gasteiger partial charge >= 0.3 is 0 Å². The standard InChI is InChI=1S/C22H25N3O3S/c1-4-16-6-10-18(11-7-16)21-15(3)22(25-29(21,27)28)23-14-20(26)24-19-12-8-17(5-2)9-13-19/h6-13H,4-5,14H2,1-3H3,(H,23,25)(H,24,26). The van der Waals surface area contributed by atoms with Gasteiger partial charge in [0.05, 0.1) is 0 Å². The summed E-state index contributed by atoms with van der Waals surface area (Å²) in [5, 5.41) is 2.77. The van der Waals surface area contributed by atoms with Crippen molar-refractivity contribution < 1.29 is 13.2 Å². The molecule has 0 aromatic heterocycles. The van der Waals surface area contributed by atoms with Crippen LogP contribution in [-0.4, -0.2) is 26.7 Å². The Kier molecular flexibility index (Phi) is 6.17. The molecule has 0 saturated carbocycles. The molecule has 3 rings (SSSR count). The normalized spacial score (nSPS) is 16.7. The van der Waals surface area contributed by atoms with Crippen molar-refractivity contribution in [2.45, 2.75) is 33.6 Å². The molecule has 0 bridgehead atoms. The summed E-state index contributed by atoms with van der Waals surface area (Å²) in [6.45, 7) is 5.63. The predicted octanol–water partition coefficient (Wildman–Crippen LogP) is 3.51. The summed E-state index contributed by atoms with van der Waals surface area (Å²) in [5.41, 5.74) is 4.12. The van der Waals surface area contributed by atoms with Crippen LogP contribution in [0.3, 0.4) is 0 Å². The fourth-order valence-corrected chi connectivity index (χ4v) is 4.67. The van der Waals surface area contributed by atoms with Crippen molar-refractivity contribution >= 4 is 32.4 Å². The molecule has 2 N–H and O–H groups in total. The summed E-state index contributed by atoms with van der Waals surface area (Å²) in [6, 6.07) is 15.0. The third-order valence-corrected chi connectivity index (χ3v) is 6.39. The third-order valence-electron chi connectivity index (χ3n) is 4.85.